The zero-order chi connectivity index (χ0) is 14.5. The number of carbonyl (C=O) groups excluding carboxylic acids is 1. The van der Waals surface area contributed by atoms with Crippen molar-refractivity contribution >= 4 is 17.5 Å². The summed E-state index contributed by atoms with van der Waals surface area (Å²) in [5.74, 6) is 1.15. The lowest BCUT2D eigenvalue weighted by molar-refractivity contribution is 0.0947. The first-order valence-corrected chi connectivity index (χ1v) is 7.69. The van der Waals surface area contributed by atoms with Crippen LogP contribution in [-0.2, 0) is 0 Å². The average Bonchev–Trinajstić information content (AvgIpc) is 2.82. The van der Waals surface area contributed by atoms with Crippen LogP contribution in [0.15, 0.2) is 24.3 Å². The molecule has 1 saturated carbocycles. The van der Waals surface area contributed by atoms with Crippen molar-refractivity contribution in [2.24, 2.45) is 5.92 Å². The maximum absolute atomic E-state index is 12.0. The third kappa shape index (κ3) is 4.14. The van der Waals surface area contributed by atoms with Crippen molar-refractivity contribution in [2.75, 3.05) is 6.54 Å². The first-order valence-electron chi connectivity index (χ1n) is 7.25. The number of amides is 1. The summed E-state index contributed by atoms with van der Waals surface area (Å²) in [6, 6.07) is 7.24. The van der Waals surface area contributed by atoms with Crippen LogP contribution in [0.1, 0.15) is 43.5 Å². The summed E-state index contributed by atoms with van der Waals surface area (Å²) in [7, 11) is 0. The van der Waals surface area contributed by atoms with Gasteiger partial charge in [-0.3, -0.25) is 4.79 Å². The number of benzene rings is 1. The van der Waals surface area contributed by atoms with Crippen LogP contribution in [0.25, 0.3) is 0 Å². The standard InChI is InChI=1S/C16H22ClNO2/c1-11(2)20-14-8-6-12(7-9-14)16(19)18-10-13-4-3-5-15(13)17/h6-9,11,13,15H,3-5,10H2,1-2H3,(H,18,19). The predicted octanol–water partition coefficient (Wildman–Crippen LogP) is 3.61. The lowest BCUT2D eigenvalue weighted by Crippen LogP contribution is -2.31. The van der Waals surface area contributed by atoms with Gasteiger partial charge in [0.1, 0.15) is 5.75 Å². The van der Waals surface area contributed by atoms with E-state index >= 15 is 0 Å². The SMILES string of the molecule is CC(C)Oc1ccc(C(=O)NCC2CCCC2Cl)cc1. The highest BCUT2D eigenvalue weighted by molar-refractivity contribution is 6.21. The summed E-state index contributed by atoms with van der Waals surface area (Å²) in [6.45, 7) is 4.62. The molecule has 3 nitrogen and oxygen atoms in total. The van der Waals surface area contributed by atoms with Gasteiger partial charge in [-0.1, -0.05) is 6.42 Å². The van der Waals surface area contributed by atoms with Gasteiger partial charge in [-0.15, -0.1) is 11.6 Å². The van der Waals surface area contributed by atoms with E-state index in [9.17, 15) is 4.79 Å². The molecule has 1 aromatic rings. The summed E-state index contributed by atoms with van der Waals surface area (Å²) >= 11 is 6.21. The van der Waals surface area contributed by atoms with E-state index < -0.39 is 0 Å². The van der Waals surface area contributed by atoms with Crippen molar-refractivity contribution in [1.29, 1.82) is 0 Å². The second-order valence-corrected chi connectivity index (χ2v) is 6.17. The molecule has 4 heteroatoms. The molecule has 0 spiro atoms. The van der Waals surface area contributed by atoms with Crippen molar-refractivity contribution < 1.29 is 9.53 Å². The predicted molar refractivity (Wildman–Crippen MR) is 81.5 cm³/mol. The van der Waals surface area contributed by atoms with E-state index in [1.54, 1.807) is 12.1 Å². The molecule has 2 unspecified atom stereocenters. The van der Waals surface area contributed by atoms with Crippen molar-refractivity contribution in [1.82, 2.24) is 5.32 Å². The number of rotatable bonds is 5. The first kappa shape index (κ1) is 15.2. The topological polar surface area (TPSA) is 38.3 Å². The highest BCUT2D eigenvalue weighted by atomic mass is 35.5. The van der Waals surface area contributed by atoms with Crippen LogP contribution in [0, 0.1) is 5.92 Å². The Kier molecular flexibility index (Phi) is 5.30. The Morgan fingerprint density at radius 1 is 1.35 bits per heavy atom. The second-order valence-electron chi connectivity index (χ2n) is 5.61. The molecule has 0 aliphatic heterocycles. The Balaban J connectivity index is 1.85. The number of hydrogen-bond acceptors (Lipinski definition) is 2. The lowest BCUT2D eigenvalue weighted by Gasteiger charge is -2.14. The maximum Gasteiger partial charge on any atom is 0.251 e. The molecule has 0 bridgehead atoms. The summed E-state index contributed by atoms with van der Waals surface area (Å²) < 4.78 is 5.56. The molecule has 1 aromatic carbocycles. The molecule has 1 aliphatic carbocycles. The van der Waals surface area contributed by atoms with E-state index in [2.05, 4.69) is 5.32 Å². The second kappa shape index (κ2) is 6.98. The van der Waals surface area contributed by atoms with Gasteiger partial charge in [-0.05, 0) is 56.9 Å². The Hall–Kier alpha value is -1.22. The van der Waals surface area contributed by atoms with Crippen LogP contribution in [0.4, 0.5) is 0 Å². The van der Waals surface area contributed by atoms with Gasteiger partial charge in [-0.2, -0.15) is 0 Å². The first-order chi connectivity index (χ1) is 9.56. The van der Waals surface area contributed by atoms with Crippen LogP contribution in [0.5, 0.6) is 5.75 Å². The summed E-state index contributed by atoms with van der Waals surface area (Å²) in [5, 5.41) is 3.17. The van der Waals surface area contributed by atoms with Crippen LogP contribution >= 0.6 is 11.6 Å². The normalized spacial score (nSPS) is 22.0. The number of hydrogen-bond donors (Lipinski definition) is 1. The summed E-state index contributed by atoms with van der Waals surface area (Å²) in [6.07, 6.45) is 3.47. The van der Waals surface area contributed by atoms with E-state index in [4.69, 9.17) is 16.3 Å². The number of halogens is 1. The number of carbonyl (C=O) groups is 1. The molecule has 2 atom stereocenters. The fourth-order valence-electron chi connectivity index (χ4n) is 2.50. The van der Waals surface area contributed by atoms with Gasteiger partial charge in [0.15, 0.2) is 0 Å². The smallest absolute Gasteiger partial charge is 0.251 e. The highest BCUT2D eigenvalue weighted by Gasteiger charge is 2.25. The van der Waals surface area contributed by atoms with E-state index in [1.807, 2.05) is 26.0 Å². The minimum Gasteiger partial charge on any atom is -0.491 e. The molecule has 1 aliphatic rings. The quantitative estimate of drug-likeness (QED) is 0.843. The molecule has 1 fully saturated rings. The van der Waals surface area contributed by atoms with Crippen molar-refractivity contribution in [2.45, 2.75) is 44.6 Å². The van der Waals surface area contributed by atoms with Gasteiger partial charge >= 0.3 is 0 Å². The van der Waals surface area contributed by atoms with Crippen LogP contribution in [0.3, 0.4) is 0 Å². The fourth-order valence-corrected chi connectivity index (χ4v) is 2.87. The molecule has 0 radical (unpaired) electrons. The van der Waals surface area contributed by atoms with E-state index in [0.717, 1.165) is 25.0 Å². The minimum absolute atomic E-state index is 0.0446. The molecule has 2 rings (SSSR count). The minimum atomic E-state index is -0.0446. The molecule has 0 aromatic heterocycles. The third-order valence-corrected chi connectivity index (χ3v) is 4.15. The van der Waals surface area contributed by atoms with Gasteiger partial charge in [0, 0.05) is 17.5 Å². The van der Waals surface area contributed by atoms with Crippen LogP contribution in [0.2, 0.25) is 0 Å². The van der Waals surface area contributed by atoms with Gasteiger partial charge in [0.2, 0.25) is 0 Å². The van der Waals surface area contributed by atoms with E-state index in [1.165, 1.54) is 0 Å². The van der Waals surface area contributed by atoms with E-state index in [0.29, 0.717) is 18.0 Å². The Morgan fingerprint density at radius 3 is 2.60 bits per heavy atom. The maximum atomic E-state index is 12.0. The molecule has 20 heavy (non-hydrogen) atoms. The van der Waals surface area contributed by atoms with Crippen LogP contribution in [-0.4, -0.2) is 23.9 Å². The van der Waals surface area contributed by atoms with Gasteiger partial charge in [0.05, 0.1) is 6.10 Å². The molecular weight excluding hydrogens is 274 g/mol. The molecule has 0 saturated heterocycles. The molecular formula is C16H22ClNO2. The van der Waals surface area contributed by atoms with Gasteiger partial charge in [0.25, 0.3) is 5.91 Å². The third-order valence-electron chi connectivity index (χ3n) is 3.58. The van der Waals surface area contributed by atoms with Crippen molar-refractivity contribution in [3.05, 3.63) is 29.8 Å². The van der Waals surface area contributed by atoms with Gasteiger partial charge in [-0.25, -0.2) is 0 Å². The van der Waals surface area contributed by atoms with E-state index in [-0.39, 0.29) is 17.4 Å². The van der Waals surface area contributed by atoms with Gasteiger partial charge < -0.3 is 10.1 Å². The zero-order valence-electron chi connectivity index (χ0n) is 12.1. The Labute approximate surface area is 125 Å². The zero-order valence-corrected chi connectivity index (χ0v) is 12.8. The molecule has 0 heterocycles. The molecule has 1 N–H and O–H groups in total. The van der Waals surface area contributed by atoms with Crippen molar-refractivity contribution in [3.8, 4) is 5.75 Å². The summed E-state index contributed by atoms with van der Waals surface area (Å²) in [5.41, 5.74) is 0.658. The number of alkyl halides is 1. The number of ether oxygens (including phenoxy) is 1. The average molecular weight is 296 g/mol. The molecule has 1 amide bonds. The summed E-state index contributed by atoms with van der Waals surface area (Å²) in [4.78, 5) is 12.0. The fraction of sp³-hybridized carbons (Fsp3) is 0.562. The largest absolute Gasteiger partial charge is 0.491 e. The number of nitrogens with one attached hydrogen (secondary N) is 1. The highest BCUT2D eigenvalue weighted by Crippen LogP contribution is 2.29. The monoisotopic (exact) mass is 295 g/mol. The lowest BCUT2D eigenvalue weighted by atomic mass is 10.1. The Morgan fingerprint density at radius 2 is 2.05 bits per heavy atom. The molecule has 110 valence electrons. The Bertz CT molecular complexity index is 444. The van der Waals surface area contributed by atoms with Crippen LogP contribution < -0.4 is 10.1 Å². The van der Waals surface area contributed by atoms with Crippen molar-refractivity contribution in [3.63, 3.8) is 0 Å².